The zero-order valence-corrected chi connectivity index (χ0v) is 19.0. The van der Waals surface area contributed by atoms with Gasteiger partial charge < -0.3 is 31.3 Å². The van der Waals surface area contributed by atoms with Crippen LogP contribution >= 0.6 is 0 Å². The van der Waals surface area contributed by atoms with Crippen LogP contribution in [0.4, 0.5) is 0 Å². The number of β-amino-alcohol motifs (C(OH)–C–C–N with tert-alkyl or cyclic N) is 1. The van der Waals surface area contributed by atoms with Gasteiger partial charge in [0.2, 0.25) is 5.91 Å². The molecule has 1 atom stereocenters. The van der Waals surface area contributed by atoms with Gasteiger partial charge in [0.1, 0.15) is 5.75 Å². The van der Waals surface area contributed by atoms with E-state index in [0.717, 1.165) is 57.6 Å². The van der Waals surface area contributed by atoms with Crippen LogP contribution in [0.25, 0.3) is 0 Å². The Kier molecular flexibility index (Phi) is 15.8. The Labute approximate surface area is 187 Å². The fourth-order valence-electron chi connectivity index (χ4n) is 3.15. The highest BCUT2D eigenvalue weighted by molar-refractivity contribution is 5.75. The van der Waals surface area contributed by atoms with Crippen LogP contribution in [-0.2, 0) is 11.3 Å². The summed E-state index contributed by atoms with van der Waals surface area (Å²) in [6.45, 7) is 7.77. The first-order chi connectivity index (χ1) is 15.1. The summed E-state index contributed by atoms with van der Waals surface area (Å²) in [5.41, 5.74) is 6.21. The van der Waals surface area contributed by atoms with Crippen LogP contribution in [0.5, 0.6) is 5.75 Å². The number of piperidine rings is 1. The largest absolute Gasteiger partial charge is 0.494 e. The highest BCUT2D eigenvalue weighted by atomic mass is 16.5. The van der Waals surface area contributed by atoms with Crippen LogP contribution in [0.2, 0.25) is 0 Å². The average Bonchev–Trinajstić information content (AvgIpc) is 2.77. The maximum absolute atomic E-state index is 11.6. The molecule has 0 spiro atoms. The van der Waals surface area contributed by atoms with Gasteiger partial charge in [-0.3, -0.25) is 9.69 Å². The van der Waals surface area contributed by atoms with E-state index in [4.69, 9.17) is 15.6 Å². The molecule has 0 aromatic heterocycles. The molecule has 1 amide bonds. The number of nitrogens with zero attached hydrogens (tertiary/aromatic N) is 1. The van der Waals surface area contributed by atoms with Gasteiger partial charge in [0, 0.05) is 39.1 Å². The predicted octanol–water partition coefficient (Wildman–Crippen LogP) is 0.856. The fraction of sp³-hybridized carbons (Fsp3) is 0.696. The van der Waals surface area contributed by atoms with Gasteiger partial charge in [0.05, 0.1) is 19.3 Å². The minimum Gasteiger partial charge on any atom is -0.494 e. The summed E-state index contributed by atoms with van der Waals surface area (Å²) >= 11 is 0. The molecule has 0 aliphatic carbocycles. The number of likely N-dealkylation sites (tertiary alicyclic amines) is 1. The van der Waals surface area contributed by atoms with Gasteiger partial charge >= 0.3 is 0 Å². The van der Waals surface area contributed by atoms with Crippen molar-refractivity contribution in [1.82, 2.24) is 15.5 Å². The number of aliphatic hydroxyl groups is 2. The number of nitrogens with one attached hydrogen (secondary N) is 2. The lowest BCUT2D eigenvalue weighted by molar-refractivity contribution is -0.121. The third-order valence-electron chi connectivity index (χ3n) is 4.80. The molecule has 1 aliphatic rings. The van der Waals surface area contributed by atoms with Crippen molar-refractivity contribution < 1.29 is 19.7 Å². The molecule has 8 heteroatoms. The van der Waals surface area contributed by atoms with E-state index in [1.54, 1.807) is 0 Å². The first-order valence-electron chi connectivity index (χ1n) is 11.5. The predicted molar refractivity (Wildman–Crippen MR) is 124 cm³/mol. The lowest BCUT2D eigenvalue weighted by atomic mass is 10.1. The molecule has 0 radical (unpaired) electrons. The zero-order valence-electron chi connectivity index (χ0n) is 19.0. The Bertz CT molecular complexity index is 586. The van der Waals surface area contributed by atoms with E-state index in [1.807, 2.05) is 18.2 Å². The number of ether oxygens (including phenoxy) is 1. The van der Waals surface area contributed by atoms with E-state index in [2.05, 4.69) is 28.5 Å². The monoisotopic (exact) mass is 438 g/mol. The molecular weight excluding hydrogens is 396 g/mol. The maximum Gasteiger partial charge on any atom is 0.221 e. The van der Waals surface area contributed by atoms with Gasteiger partial charge in [-0.15, -0.1) is 0 Å². The lowest BCUT2D eigenvalue weighted by Crippen LogP contribution is -2.37. The normalized spacial score (nSPS) is 16.3. The Morgan fingerprint density at radius 3 is 2.84 bits per heavy atom. The molecule has 178 valence electrons. The van der Waals surface area contributed by atoms with Crippen molar-refractivity contribution in [2.45, 2.75) is 51.7 Å². The van der Waals surface area contributed by atoms with Gasteiger partial charge in [0.15, 0.2) is 0 Å². The summed E-state index contributed by atoms with van der Waals surface area (Å²) in [6, 6.07) is 8.07. The van der Waals surface area contributed by atoms with Crippen LogP contribution in [-0.4, -0.2) is 79.6 Å². The van der Waals surface area contributed by atoms with Crippen molar-refractivity contribution in [1.29, 1.82) is 0 Å². The second-order valence-electron chi connectivity index (χ2n) is 7.74. The number of carbonyl (C=O) groups excluding carboxylic acids is 1. The van der Waals surface area contributed by atoms with Crippen molar-refractivity contribution in [2.24, 2.45) is 5.73 Å². The van der Waals surface area contributed by atoms with E-state index in [0.29, 0.717) is 32.7 Å². The second-order valence-corrected chi connectivity index (χ2v) is 7.74. The Balaban J connectivity index is 0.00000110. The summed E-state index contributed by atoms with van der Waals surface area (Å²) < 4.78 is 5.79. The summed E-state index contributed by atoms with van der Waals surface area (Å²) in [5.74, 6) is 0.843. The number of rotatable bonds is 13. The molecule has 1 saturated heterocycles. The van der Waals surface area contributed by atoms with Gasteiger partial charge in [0.25, 0.3) is 0 Å². The molecule has 0 saturated carbocycles. The first kappa shape index (κ1) is 27.3. The number of hydrogen-bond donors (Lipinski definition) is 5. The molecule has 0 bridgehead atoms. The minimum atomic E-state index is -0.209. The zero-order chi connectivity index (χ0) is 22.7. The standard InChI is InChI=1S/C20H33N3O4.C3H9N/c24-12-10-21-9-7-20(26)22-8-3-13-27-19-6-1-4-17(14-19)15-23-11-2-5-18(25)16-23;1-2-3-4/h1,4,6,14,18,21,24-25H,2-3,5,7-13,15-16H2,(H,22,26);2-4H2,1H3. The van der Waals surface area contributed by atoms with Crippen molar-refractivity contribution in [3.8, 4) is 5.75 Å². The molecule has 1 aliphatic heterocycles. The fourth-order valence-corrected chi connectivity index (χ4v) is 3.15. The van der Waals surface area contributed by atoms with E-state index in [1.165, 1.54) is 5.56 Å². The Hall–Kier alpha value is -1.71. The first-order valence-corrected chi connectivity index (χ1v) is 11.5. The molecule has 1 aromatic carbocycles. The van der Waals surface area contributed by atoms with E-state index >= 15 is 0 Å². The van der Waals surface area contributed by atoms with E-state index < -0.39 is 0 Å². The van der Waals surface area contributed by atoms with Gasteiger partial charge in [-0.1, -0.05) is 19.1 Å². The van der Waals surface area contributed by atoms with Crippen molar-refractivity contribution in [3.05, 3.63) is 29.8 Å². The van der Waals surface area contributed by atoms with E-state index in [9.17, 15) is 9.90 Å². The minimum absolute atomic E-state index is 0.00570. The summed E-state index contributed by atoms with van der Waals surface area (Å²) in [4.78, 5) is 13.9. The number of benzene rings is 1. The lowest BCUT2D eigenvalue weighted by Gasteiger charge is -2.30. The number of hydrogen-bond acceptors (Lipinski definition) is 7. The van der Waals surface area contributed by atoms with Crippen LogP contribution in [0.1, 0.15) is 44.6 Å². The molecular formula is C23H42N4O4. The molecule has 1 fully saturated rings. The third kappa shape index (κ3) is 14.1. The van der Waals surface area contributed by atoms with Crippen LogP contribution < -0.4 is 21.1 Å². The third-order valence-corrected chi connectivity index (χ3v) is 4.80. The topological polar surface area (TPSA) is 120 Å². The second kappa shape index (κ2) is 17.9. The van der Waals surface area contributed by atoms with Gasteiger partial charge in [-0.2, -0.15) is 0 Å². The SMILES string of the molecule is CCCN.O=C(CCNCCO)NCCCOc1cccc(CN2CCCC(O)C2)c1. The molecule has 8 nitrogen and oxygen atoms in total. The molecule has 1 heterocycles. The van der Waals surface area contributed by atoms with Gasteiger partial charge in [-0.25, -0.2) is 0 Å². The van der Waals surface area contributed by atoms with Crippen LogP contribution in [0.15, 0.2) is 24.3 Å². The highest BCUT2D eigenvalue weighted by Crippen LogP contribution is 2.18. The Morgan fingerprint density at radius 2 is 2.13 bits per heavy atom. The highest BCUT2D eigenvalue weighted by Gasteiger charge is 2.17. The van der Waals surface area contributed by atoms with Crippen molar-refractivity contribution in [2.75, 3.05) is 52.5 Å². The number of carbonyl (C=O) groups is 1. The Morgan fingerprint density at radius 1 is 1.32 bits per heavy atom. The average molecular weight is 439 g/mol. The molecule has 1 unspecified atom stereocenters. The van der Waals surface area contributed by atoms with Crippen molar-refractivity contribution >= 4 is 5.91 Å². The summed E-state index contributed by atoms with van der Waals surface area (Å²) in [5, 5.41) is 24.3. The van der Waals surface area contributed by atoms with Crippen LogP contribution in [0, 0.1) is 0 Å². The van der Waals surface area contributed by atoms with Gasteiger partial charge in [-0.05, 0) is 56.5 Å². The van der Waals surface area contributed by atoms with Crippen molar-refractivity contribution in [3.63, 3.8) is 0 Å². The molecule has 2 rings (SSSR count). The smallest absolute Gasteiger partial charge is 0.221 e. The quantitative estimate of drug-likeness (QED) is 0.290. The summed E-state index contributed by atoms with van der Waals surface area (Å²) in [7, 11) is 0. The maximum atomic E-state index is 11.6. The molecule has 1 aromatic rings. The van der Waals surface area contributed by atoms with Crippen LogP contribution in [0.3, 0.4) is 0 Å². The molecule has 6 N–H and O–H groups in total. The number of aliphatic hydroxyl groups excluding tert-OH is 2. The molecule has 31 heavy (non-hydrogen) atoms. The number of nitrogens with two attached hydrogens (primary N) is 1. The summed E-state index contributed by atoms with van der Waals surface area (Å²) in [6.07, 6.45) is 3.99. The van der Waals surface area contributed by atoms with E-state index in [-0.39, 0.29) is 18.6 Å². The number of amides is 1.